The van der Waals surface area contributed by atoms with Crippen LogP contribution in [0, 0.1) is 20.8 Å². The summed E-state index contributed by atoms with van der Waals surface area (Å²) in [7, 11) is 1.56. The molecule has 0 bridgehead atoms. The molecule has 0 fully saturated rings. The van der Waals surface area contributed by atoms with Gasteiger partial charge in [0, 0.05) is 17.0 Å². The number of benzene rings is 2. The van der Waals surface area contributed by atoms with E-state index < -0.39 is 6.03 Å². The van der Waals surface area contributed by atoms with Gasteiger partial charge >= 0.3 is 6.03 Å². The number of hydrazone groups is 1. The van der Waals surface area contributed by atoms with Gasteiger partial charge < -0.3 is 14.6 Å². The van der Waals surface area contributed by atoms with E-state index in [1.807, 2.05) is 12.1 Å². The van der Waals surface area contributed by atoms with Gasteiger partial charge in [-0.2, -0.15) is 5.10 Å². The number of carbonyl (C=O) groups excluding carboxylic acids is 1. The molecular weight excluding hydrogens is 376 g/mol. The zero-order chi connectivity index (χ0) is 21.7. The Morgan fingerprint density at radius 1 is 1.13 bits per heavy atom. The lowest BCUT2D eigenvalue weighted by Crippen LogP contribution is -2.24. The van der Waals surface area contributed by atoms with Crippen LogP contribution in [0.15, 0.2) is 53.6 Å². The molecule has 156 valence electrons. The van der Waals surface area contributed by atoms with Crippen molar-refractivity contribution < 1.29 is 9.53 Å². The molecule has 1 heterocycles. The number of ether oxygens (including phenoxy) is 1. The van der Waals surface area contributed by atoms with Crippen molar-refractivity contribution in [1.29, 1.82) is 0 Å². The summed E-state index contributed by atoms with van der Waals surface area (Å²) in [5, 5.41) is 6.86. The average molecular weight is 405 g/mol. The monoisotopic (exact) mass is 404 g/mol. The Labute approximate surface area is 177 Å². The fraction of sp³-hybridized carbons (Fsp3) is 0.250. The molecule has 1 aromatic heterocycles. The topological polar surface area (TPSA) is 67.7 Å². The Hall–Kier alpha value is -3.54. The van der Waals surface area contributed by atoms with Gasteiger partial charge in [0.15, 0.2) is 0 Å². The molecule has 0 aliphatic heterocycles. The van der Waals surface area contributed by atoms with E-state index in [4.69, 9.17) is 4.74 Å². The summed E-state index contributed by atoms with van der Waals surface area (Å²) in [6, 6.07) is 15.2. The van der Waals surface area contributed by atoms with E-state index in [2.05, 4.69) is 72.4 Å². The van der Waals surface area contributed by atoms with Crippen molar-refractivity contribution in [2.75, 3.05) is 12.4 Å². The van der Waals surface area contributed by atoms with Crippen molar-refractivity contribution in [2.24, 2.45) is 5.10 Å². The maximum Gasteiger partial charge on any atom is 0.339 e. The summed E-state index contributed by atoms with van der Waals surface area (Å²) in [6.07, 6.45) is 2.63. The lowest BCUT2D eigenvalue weighted by Gasteiger charge is -2.17. The number of aromatic nitrogens is 1. The molecule has 3 rings (SSSR count). The number of hydrogen-bond acceptors (Lipinski definition) is 3. The first-order chi connectivity index (χ1) is 14.5. The Morgan fingerprint density at radius 3 is 2.63 bits per heavy atom. The fourth-order valence-electron chi connectivity index (χ4n) is 3.65. The maximum atomic E-state index is 12.2. The van der Waals surface area contributed by atoms with Crippen molar-refractivity contribution in [3.63, 3.8) is 0 Å². The molecular formula is C24H28N4O2. The van der Waals surface area contributed by atoms with E-state index in [1.165, 1.54) is 16.8 Å². The number of methoxy groups -OCH3 is 1. The molecule has 0 aliphatic carbocycles. The molecule has 3 aromatic rings. The number of amides is 2. The molecule has 0 atom stereocenters. The summed E-state index contributed by atoms with van der Waals surface area (Å²) < 4.78 is 7.49. The Kier molecular flexibility index (Phi) is 6.57. The van der Waals surface area contributed by atoms with Gasteiger partial charge in [-0.25, -0.2) is 10.2 Å². The van der Waals surface area contributed by atoms with Crippen LogP contribution in [-0.4, -0.2) is 23.9 Å². The van der Waals surface area contributed by atoms with Gasteiger partial charge in [-0.05, 0) is 56.5 Å². The second-order valence-corrected chi connectivity index (χ2v) is 7.12. The lowest BCUT2D eigenvalue weighted by atomic mass is 10.1. The van der Waals surface area contributed by atoms with E-state index >= 15 is 0 Å². The Balaban J connectivity index is 1.78. The molecule has 2 aromatic carbocycles. The third-order valence-electron chi connectivity index (χ3n) is 5.12. The van der Waals surface area contributed by atoms with Gasteiger partial charge in [0.1, 0.15) is 5.75 Å². The van der Waals surface area contributed by atoms with Crippen LogP contribution in [0.5, 0.6) is 5.75 Å². The van der Waals surface area contributed by atoms with E-state index in [-0.39, 0.29) is 0 Å². The number of hydrogen-bond donors (Lipinski definition) is 2. The minimum Gasteiger partial charge on any atom is -0.495 e. The zero-order valence-electron chi connectivity index (χ0n) is 18.1. The molecule has 6 heteroatoms. The summed E-state index contributed by atoms with van der Waals surface area (Å²) in [5.74, 6) is 0.588. The van der Waals surface area contributed by atoms with Gasteiger partial charge in [-0.15, -0.1) is 0 Å². The van der Waals surface area contributed by atoms with Crippen LogP contribution in [0.3, 0.4) is 0 Å². The van der Waals surface area contributed by atoms with Crippen LogP contribution in [0.1, 0.15) is 35.0 Å². The highest BCUT2D eigenvalue weighted by molar-refractivity contribution is 5.92. The normalized spacial score (nSPS) is 11.0. The van der Waals surface area contributed by atoms with Crippen molar-refractivity contribution in [3.8, 4) is 11.4 Å². The van der Waals surface area contributed by atoms with Crippen molar-refractivity contribution in [3.05, 3.63) is 76.6 Å². The molecule has 30 heavy (non-hydrogen) atoms. The molecule has 2 N–H and O–H groups in total. The maximum absolute atomic E-state index is 12.2. The second kappa shape index (κ2) is 9.31. The number of para-hydroxylation sites is 3. The number of nitrogens with zero attached hydrogens (tertiary/aromatic N) is 2. The van der Waals surface area contributed by atoms with Gasteiger partial charge in [0.2, 0.25) is 0 Å². The number of carbonyl (C=O) groups is 1. The summed E-state index contributed by atoms with van der Waals surface area (Å²) in [5.41, 5.74) is 10.00. The quantitative estimate of drug-likeness (QED) is 0.442. The van der Waals surface area contributed by atoms with E-state index in [0.717, 1.165) is 23.4 Å². The number of nitrogens with one attached hydrogen (secondary N) is 2. The Morgan fingerprint density at radius 2 is 1.90 bits per heavy atom. The van der Waals surface area contributed by atoms with Crippen LogP contribution in [-0.2, 0) is 6.42 Å². The highest BCUT2D eigenvalue weighted by Crippen LogP contribution is 2.26. The number of urea groups is 1. The first kappa shape index (κ1) is 21.2. The van der Waals surface area contributed by atoms with Crippen LogP contribution in [0.4, 0.5) is 10.5 Å². The summed E-state index contributed by atoms with van der Waals surface area (Å²) >= 11 is 0. The van der Waals surface area contributed by atoms with Gasteiger partial charge in [0.25, 0.3) is 0 Å². The van der Waals surface area contributed by atoms with Gasteiger partial charge in [-0.3, -0.25) is 0 Å². The predicted molar refractivity (Wildman–Crippen MR) is 122 cm³/mol. The smallest absolute Gasteiger partial charge is 0.339 e. The van der Waals surface area contributed by atoms with E-state index in [0.29, 0.717) is 11.4 Å². The highest BCUT2D eigenvalue weighted by Gasteiger charge is 2.14. The number of rotatable bonds is 6. The SMILES string of the molecule is CCc1cccc(C)c1-n1c(C)cc(/C=N/NC(=O)Nc2ccccc2OC)c1C. The van der Waals surface area contributed by atoms with Crippen LogP contribution in [0.2, 0.25) is 0 Å². The third-order valence-corrected chi connectivity index (χ3v) is 5.12. The first-order valence-electron chi connectivity index (χ1n) is 9.97. The first-order valence-corrected chi connectivity index (χ1v) is 9.97. The van der Waals surface area contributed by atoms with E-state index in [1.54, 1.807) is 25.5 Å². The average Bonchev–Trinajstić information content (AvgIpc) is 3.01. The molecule has 0 spiro atoms. The minimum absolute atomic E-state index is 0.434. The van der Waals surface area contributed by atoms with Gasteiger partial charge in [0.05, 0.1) is 24.7 Å². The van der Waals surface area contributed by atoms with Crippen molar-refractivity contribution in [1.82, 2.24) is 9.99 Å². The molecule has 0 saturated heterocycles. The Bertz CT molecular complexity index is 1080. The van der Waals surface area contributed by atoms with Crippen molar-refractivity contribution >= 4 is 17.9 Å². The standard InChI is InChI=1S/C24H28N4O2/c1-6-19-11-9-10-16(2)23(19)28-17(3)14-20(18(28)4)15-25-27-24(29)26-21-12-7-8-13-22(21)30-5/h7-15H,6H2,1-5H3,(H2,26,27,29)/b25-15+. The zero-order valence-corrected chi connectivity index (χ0v) is 18.1. The molecule has 6 nitrogen and oxygen atoms in total. The summed E-state index contributed by atoms with van der Waals surface area (Å²) in [6.45, 7) is 8.44. The number of anilines is 1. The lowest BCUT2D eigenvalue weighted by molar-refractivity contribution is 0.252. The third kappa shape index (κ3) is 4.38. The molecule has 2 amide bonds. The van der Waals surface area contributed by atoms with Crippen molar-refractivity contribution in [2.45, 2.75) is 34.1 Å². The molecule has 0 unspecified atom stereocenters. The number of aryl methyl sites for hydroxylation is 3. The molecule has 0 saturated carbocycles. The minimum atomic E-state index is -0.434. The summed E-state index contributed by atoms with van der Waals surface area (Å²) in [4.78, 5) is 12.2. The van der Waals surface area contributed by atoms with E-state index in [9.17, 15) is 4.79 Å². The predicted octanol–water partition coefficient (Wildman–Crippen LogP) is 5.13. The van der Waals surface area contributed by atoms with Crippen LogP contribution >= 0.6 is 0 Å². The van der Waals surface area contributed by atoms with Gasteiger partial charge in [-0.1, -0.05) is 37.3 Å². The highest BCUT2D eigenvalue weighted by atomic mass is 16.5. The molecule has 0 radical (unpaired) electrons. The second-order valence-electron chi connectivity index (χ2n) is 7.12. The van der Waals surface area contributed by atoms with Crippen LogP contribution < -0.4 is 15.5 Å². The molecule has 0 aliphatic rings. The fourth-order valence-corrected chi connectivity index (χ4v) is 3.65. The largest absolute Gasteiger partial charge is 0.495 e. The van der Waals surface area contributed by atoms with Crippen LogP contribution in [0.25, 0.3) is 5.69 Å².